The van der Waals surface area contributed by atoms with Gasteiger partial charge in [-0.15, -0.1) is 0 Å². The Hall–Kier alpha value is -1.82. The molecule has 2 N–H and O–H groups in total. The van der Waals surface area contributed by atoms with E-state index in [2.05, 4.69) is 5.32 Å². The molecule has 0 heterocycles. The Bertz CT molecular complexity index is 581. The largest absolute Gasteiger partial charge is 0.416 e. The van der Waals surface area contributed by atoms with Gasteiger partial charge in [0.2, 0.25) is 5.91 Å². The molecule has 6 heteroatoms. The van der Waals surface area contributed by atoms with Crippen LogP contribution in [-0.4, -0.2) is 23.7 Å². The fraction of sp³-hybridized carbons (Fsp3) is 0.500. The fourth-order valence-corrected chi connectivity index (χ4v) is 2.85. The first-order valence-corrected chi connectivity index (χ1v) is 8.09. The van der Waals surface area contributed by atoms with Crippen LogP contribution < -0.4 is 5.32 Å². The lowest BCUT2D eigenvalue weighted by atomic mass is 9.95. The van der Waals surface area contributed by atoms with E-state index >= 15 is 0 Å². The van der Waals surface area contributed by atoms with E-state index in [-0.39, 0.29) is 30.4 Å². The van der Waals surface area contributed by atoms with Gasteiger partial charge in [0.25, 0.3) is 0 Å². The molecule has 0 radical (unpaired) electrons. The Labute approximate surface area is 139 Å². The van der Waals surface area contributed by atoms with E-state index in [1.807, 2.05) is 19.1 Å². The number of aliphatic hydroxyl groups is 1. The zero-order chi connectivity index (χ0) is 17.7. The van der Waals surface area contributed by atoms with Crippen LogP contribution in [-0.2, 0) is 17.4 Å². The summed E-state index contributed by atoms with van der Waals surface area (Å²) in [5, 5.41) is 12.0. The van der Waals surface area contributed by atoms with Crippen molar-refractivity contribution in [3.8, 4) is 0 Å². The number of hydrogen-bond donors (Lipinski definition) is 2. The summed E-state index contributed by atoms with van der Waals surface area (Å²) in [7, 11) is 0. The molecule has 0 fully saturated rings. The van der Waals surface area contributed by atoms with Gasteiger partial charge in [-0.3, -0.25) is 4.79 Å². The lowest BCUT2D eigenvalue weighted by molar-refractivity contribution is -0.137. The van der Waals surface area contributed by atoms with Crippen molar-refractivity contribution in [2.24, 2.45) is 11.8 Å². The Kier molecular flexibility index (Phi) is 6.04. The second-order valence-electron chi connectivity index (χ2n) is 6.18. The first kappa shape index (κ1) is 18.5. The number of alkyl halides is 3. The third-order valence-electron chi connectivity index (χ3n) is 4.36. The van der Waals surface area contributed by atoms with Crippen LogP contribution in [0.2, 0.25) is 0 Å². The van der Waals surface area contributed by atoms with Crippen LogP contribution in [0.5, 0.6) is 0 Å². The van der Waals surface area contributed by atoms with Gasteiger partial charge >= 0.3 is 6.18 Å². The highest BCUT2D eigenvalue weighted by molar-refractivity contribution is 5.79. The molecule has 1 aliphatic carbocycles. The lowest BCUT2D eigenvalue weighted by Gasteiger charge is -2.19. The highest BCUT2D eigenvalue weighted by Crippen LogP contribution is 2.29. The molecule has 0 unspecified atom stereocenters. The van der Waals surface area contributed by atoms with E-state index in [0.29, 0.717) is 24.8 Å². The minimum atomic E-state index is -4.35. The lowest BCUT2D eigenvalue weighted by Crippen LogP contribution is -2.38. The summed E-state index contributed by atoms with van der Waals surface area (Å²) < 4.78 is 37.7. The molecule has 1 amide bonds. The van der Waals surface area contributed by atoms with Crippen molar-refractivity contribution >= 4 is 5.91 Å². The third kappa shape index (κ3) is 4.84. The Morgan fingerprint density at radius 1 is 1.29 bits per heavy atom. The van der Waals surface area contributed by atoms with Crippen LogP contribution in [0.15, 0.2) is 36.4 Å². The van der Waals surface area contributed by atoms with Crippen molar-refractivity contribution in [2.45, 2.75) is 38.4 Å². The van der Waals surface area contributed by atoms with Crippen molar-refractivity contribution in [2.75, 3.05) is 6.61 Å². The van der Waals surface area contributed by atoms with Gasteiger partial charge in [0.05, 0.1) is 5.56 Å². The predicted molar refractivity (Wildman–Crippen MR) is 85.2 cm³/mol. The summed E-state index contributed by atoms with van der Waals surface area (Å²) in [6, 6.07) is 4.86. The number of rotatable bonds is 6. The first-order valence-electron chi connectivity index (χ1n) is 8.09. The van der Waals surface area contributed by atoms with Gasteiger partial charge in [-0.2, -0.15) is 13.2 Å². The Morgan fingerprint density at radius 2 is 1.96 bits per heavy atom. The zero-order valence-electron chi connectivity index (χ0n) is 13.5. The molecule has 2 rings (SSSR count). The SMILES string of the molecule is CC[C@@H](Cc1ccc(C(F)(F)F)cc1)C(=O)N[C@@H]1C=C[C@H](CO)C1. The van der Waals surface area contributed by atoms with E-state index in [1.54, 1.807) is 0 Å². The summed E-state index contributed by atoms with van der Waals surface area (Å²) >= 11 is 0. The molecule has 0 saturated carbocycles. The van der Waals surface area contributed by atoms with Gasteiger partial charge in [-0.1, -0.05) is 31.2 Å². The summed E-state index contributed by atoms with van der Waals surface area (Å²) in [5.41, 5.74) is 0.0232. The third-order valence-corrected chi connectivity index (χ3v) is 4.36. The predicted octanol–water partition coefficient (Wildman–Crippen LogP) is 3.33. The van der Waals surface area contributed by atoms with Crippen LogP contribution in [0.3, 0.4) is 0 Å². The number of aliphatic hydroxyl groups excluding tert-OH is 1. The van der Waals surface area contributed by atoms with Crippen molar-refractivity contribution < 1.29 is 23.1 Å². The average Bonchev–Trinajstić information content (AvgIpc) is 2.99. The standard InChI is InChI=1S/C18H22F3NO2/c1-2-14(17(24)22-16-8-5-13(10-16)11-23)9-12-3-6-15(7-4-12)18(19,20)21/h3-8,13-14,16,23H,2,9-11H2,1H3,(H,22,24)/t13-,14-,16+/m0/s1. The van der Waals surface area contributed by atoms with Crippen LogP contribution >= 0.6 is 0 Å². The monoisotopic (exact) mass is 341 g/mol. The number of nitrogens with one attached hydrogen (secondary N) is 1. The summed E-state index contributed by atoms with van der Waals surface area (Å²) in [6.07, 6.45) is 1.11. The van der Waals surface area contributed by atoms with Gasteiger partial charge in [0.1, 0.15) is 0 Å². The maximum atomic E-state index is 12.6. The second-order valence-corrected chi connectivity index (χ2v) is 6.18. The number of carbonyl (C=O) groups is 1. The molecule has 1 aromatic rings. The number of hydrogen-bond acceptors (Lipinski definition) is 2. The molecule has 1 aromatic carbocycles. The Balaban J connectivity index is 1.94. The maximum Gasteiger partial charge on any atom is 0.416 e. The van der Waals surface area contributed by atoms with Gasteiger partial charge in [-0.05, 0) is 37.0 Å². The van der Waals surface area contributed by atoms with Crippen LogP contribution in [0, 0.1) is 11.8 Å². The molecule has 0 saturated heterocycles. The van der Waals surface area contributed by atoms with Gasteiger partial charge in [0, 0.05) is 24.5 Å². The van der Waals surface area contributed by atoms with Crippen LogP contribution in [0.1, 0.15) is 30.9 Å². The quantitative estimate of drug-likeness (QED) is 0.780. The minimum absolute atomic E-state index is 0.0611. The van der Waals surface area contributed by atoms with E-state index in [4.69, 9.17) is 5.11 Å². The highest BCUT2D eigenvalue weighted by Gasteiger charge is 2.30. The molecule has 3 atom stereocenters. The number of amides is 1. The molecule has 0 aromatic heterocycles. The molecular weight excluding hydrogens is 319 g/mol. The van der Waals surface area contributed by atoms with Crippen LogP contribution in [0.25, 0.3) is 0 Å². The zero-order valence-corrected chi connectivity index (χ0v) is 13.5. The number of carbonyl (C=O) groups excluding carboxylic acids is 1. The maximum absolute atomic E-state index is 12.6. The van der Waals surface area contributed by atoms with Gasteiger partial charge in [0.15, 0.2) is 0 Å². The fourth-order valence-electron chi connectivity index (χ4n) is 2.85. The first-order chi connectivity index (χ1) is 11.3. The normalized spacial score (nSPS) is 21.7. The topological polar surface area (TPSA) is 49.3 Å². The second kappa shape index (κ2) is 7.83. The molecule has 0 aliphatic heterocycles. The highest BCUT2D eigenvalue weighted by atomic mass is 19.4. The smallest absolute Gasteiger partial charge is 0.396 e. The molecule has 0 bridgehead atoms. The van der Waals surface area contributed by atoms with Crippen molar-refractivity contribution in [1.82, 2.24) is 5.32 Å². The number of halogens is 3. The van der Waals surface area contributed by atoms with E-state index in [0.717, 1.165) is 12.1 Å². The Morgan fingerprint density at radius 3 is 2.46 bits per heavy atom. The molecule has 132 valence electrons. The van der Waals surface area contributed by atoms with E-state index < -0.39 is 11.7 Å². The van der Waals surface area contributed by atoms with Crippen molar-refractivity contribution in [1.29, 1.82) is 0 Å². The van der Waals surface area contributed by atoms with Gasteiger partial charge < -0.3 is 10.4 Å². The summed E-state index contributed by atoms with van der Waals surface area (Å²) in [5.74, 6) is -0.320. The molecule has 3 nitrogen and oxygen atoms in total. The summed E-state index contributed by atoms with van der Waals surface area (Å²) in [6.45, 7) is 1.95. The van der Waals surface area contributed by atoms with Gasteiger partial charge in [-0.25, -0.2) is 0 Å². The molecular formula is C18H22F3NO2. The molecule has 0 spiro atoms. The van der Waals surface area contributed by atoms with E-state index in [1.165, 1.54) is 12.1 Å². The summed E-state index contributed by atoms with van der Waals surface area (Å²) in [4.78, 5) is 12.4. The number of benzene rings is 1. The molecule has 1 aliphatic rings. The van der Waals surface area contributed by atoms with Crippen molar-refractivity contribution in [3.63, 3.8) is 0 Å². The average molecular weight is 341 g/mol. The molecule has 24 heavy (non-hydrogen) atoms. The van der Waals surface area contributed by atoms with Crippen LogP contribution in [0.4, 0.5) is 13.2 Å². The minimum Gasteiger partial charge on any atom is -0.396 e. The van der Waals surface area contributed by atoms with E-state index in [9.17, 15) is 18.0 Å². The van der Waals surface area contributed by atoms with Crippen molar-refractivity contribution in [3.05, 3.63) is 47.5 Å².